The largest absolute Gasteiger partial charge is 0.325 e. The van der Waals surface area contributed by atoms with Gasteiger partial charge in [0, 0.05) is 28.8 Å². The summed E-state index contributed by atoms with van der Waals surface area (Å²) >= 11 is 3.56. The van der Waals surface area contributed by atoms with E-state index in [1.165, 1.54) is 5.39 Å². The van der Waals surface area contributed by atoms with E-state index in [0.717, 1.165) is 21.2 Å². The van der Waals surface area contributed by atoms with Gasteiger partial charge in [0.1, 0.15) is 5.65 Å². The van der Waals surface area contributed by atoms with Crippen LogP contribution in [0.1, 0.15) is 5.69 Å². The molecule has 80 valence electrons. The minimum atomic E-state index is 0.466. The second kappa shape index (κ2) is 3.57. The zero-order valence-corrected chi connectivity index (χ0v) is 10.1. The van der Waals surface area contributed by atoms with E-state index in [2.05, 4.69) is 33.0 Å². The molecule has 0 unspecified atom stereocenters. The van der Waals surface area contributed by atoms with Crippen molar-refractivity contribution in [2.45, 2.75) is 6.54 Å². The Hall–Kier alpha value is -1.39. The van der Waals surface area contributed by atoms with E-state index in [1.807, 2.05) is 28.9 Å². The number of fused-ring (bicyclic) bond motifs is 3. The van der Waals surface area contributed by atoms with Gasteiger partial charge in [0.05, 0.1) is 5.69 Å². The molecule has 0 aliphatic heterocycles. The molecule has 16 heavy (non-hydrogen) atoms. The van der Waals surface area contributed by atoms with Crippen LogP contribution >= 0.6 is 15.9 Å². The van der Waals surface area contributed by atoms with Crippen LogP contribution in [0.2, 0.25) is 0 Å². The number of aromatic nitrogens is 2. The molecule has 0 bridgehead atoms. The van der Waals surface area contributed by atoms with Gasteiger partial charge in [-0.2, -0.15) is 0 Å². The Balaban J connectivity index is 2.51. The Morgan fingerprint density at radius 3 is 3.00 bits per heavy atom. The Bertz CT molecular complexity index is 672. The predicted octanol–water partition coefficient (Wildman–Crippen LogP) is 2.71. The van der Waals surface area contributed by atoms with Crippen molar-refractivity contribution in [3.05, 3.63) is 46.8 Å². The predicted molar refractivity (Wildman–Crippen MR) is 68.3 cm³/mol. The van der Waals surface area contributed by atoms with Crippen molar-refractivity contribution in [2.24, 2.45) is 5.73 Å². The molecule has 0 fully saturated rings. The first-order valence-electron chi connectivity index (χ1n) is 5.04. The molecule has 3 nitrogen and oxygen atoms in total. The van der Waals surface area contributed by atoms with E-state index in [-0.39, 0.29) is 0 Å². The SMILES string of the molecule is NCc1cn2ccc3cccc(Br)c3c2n1. The Morgan fingerprint density at radius 2 is 2.19 bits per heavy atom. The lowest BCUT2D eigenvalue weighted by atomic mass is 10.2. The van der Waals surface area contributed by atoms with Gasteiger partial charge in [-0.1, -0.05) is 28.1 Å². The monoisotopic (exact) mass is 275 g/mol. The minimum Gasteiger partial charge on any atom is -0.325 e. The van der Waals surface area contributed by atoms with Crippen LogP contribution in [0.4, 0.5) is 0 Å². The van der Waals surface area contributed by atoms with Crippen molar-refractivity contribution in [1.82, 2.24) is 9.38 Å². The number of rotatable bonds is 1. The average Bonchev–Trinajstić information content (AvgIpc) is 2.72. The molecule has 0 saturated heterocycles. The highest BCUT2D eigenvalue weighted by Gasteiger charge is 2.07. The Morgan fingerprint density at radius 1 is 1.31 bits per heavy atom. The molecular weight excluding hydrogens is 266 g/mol. The lowest BCUT2D eigenvalue weighted by molar-refractivity contribution is 1.02. The minimum absolute atomic E-state index is 0.466. The van der Waals surface area contributed by atoms with Crippen LogP contribution in [0.5, 0.6) is 0 Å². The van der Waals surface area contributed by atoms with Crippen molar-refractivity contribution in [3.8, 4) is 0 Å². The first-order valence-corrected chi connectivity index (χ1v) is 5.84. The number of benzene rings is 1. The van der Waals surface area contributed by atoms with Crippen LogP contribution in [0, 0.1) is 0 Å². The molecule has 1 aromatic carbocycles. The molecule has 2 heterocycles. The number of nitrogens with zero attached hydrogens (tertiary/aromatic N) is 2. The summed E-state index contributed by atoms with van der Waals surface area (Å²) < 4.78 is 3.07. The summed E-state index contributed by atoms with van der Waals surface area (Å²) in [5.41, 5.74) is 7.46. The zero-order valence-electron chi connectivity index (χ0n) is 8.52. The summed E-state index contributed by atoms with van der Waals surface area (Å²) in [4.78, 5) is 4.53. The van der Waals surface area contributed by atoms with Gasteiger partial charge in [-0.25, -0.2) is 4.98 Å². The van der Waals surface area contributed by atoms with Gasteiger partial charge in [0.25, 0.3) is 0 Å². The van der Waals surface area contributed by atoms with Crippen LogP contribution in [-0.4, -0.2) is 9.38 Å². The third kappa shape index (κ3) is 1.34. The average molecular weight is 276 g/mol. The Labute approximate surface area is 101 Å². The molecule has 0 saturated carbocycles. The van der Waals surface area contributed by atoms with Crippen LogP contribution in [0.3, 0.4) is 0 Å². The molecule has 3 aromatic rings. The number of pyridine rings is 1. The second-order valence-corrected chi connectivity index (χ2v) is 4.54. The molecule has 2 N–H and O–H groups in total. The highest BCUT2D eigenvalue weighted by atomic mass is 79.9. The third-order valence-electron chi connectivity index (χ3n) is 2.68. The van der Waals surface area contributed by atoms with Crippen molar-refractivity contribution in [2.75, 3.05) is 0 Å². The first kappa shape index (κ1) is 9.81. The Kier molecular flexibility index (Phi) is 2.19. The molecule has 0 aliphatic carbocycles. The normalized spacial score (nSPS) is 11.4. The van der Waals surface area contributed by atoms with Crippen LogP contribution in [0.25, 0.3) is 16.4 Å². The fourth-order valence-corrected chi connectivity index (χ4v) is 2.48. The van der Waals surface area contributed by atoms with Crippen LogP contribution in [0.15, 0.2) is 41.1 Å². The van der Waals surface area contributed by atoms with Gasteiger partial charge in [0.15, 0.2) is 0 Å². The summed E-state index contributed by atoms with van der Waals surface area (Å²) in [6.45, 7) is 0.466. The zero-order chi connectivity index (χ0) is 11.1. The van der Waals surface area contributed by atoms with Crippen molar-refractivity contribution in [1.29, 1.82) is 0 Å². The highest BCUT2D eigenvalue weighted by Crippen LogP contribution is 2.27. The van der Waals surface area contributed by atoms with Crippen molar-refractivity contribution < 1.29 is 0 Å². The van der Waals surface area contributed by atoms with E-state index in [4.69, 9.17) is 5.73 Å². The van der Waals surface area contributed by atoms with Gasteiger partial charge < -0.3 is 10.1 Å². The number of hydrogen-bond acceptors (Lipinski definition) is 2. The number of hydrogen-bond donors (Lipinski definition) is 1. The number of imidazole rings is 1. The van der Waals surface area contributed by atoms with E-state index < -0.39 is 0 Å². The maximum atomic E-state index is 5.61. The lowest BCUT2D eigenvalue weighted by Crippen LogP contribution is -1.95. The van der Waals surface area contributed by atoms with E-state index in [0.29, 0.717) is 6.54 Å². The standard InChI is InChI=1S/C12H10BrN3/c13-10-3-1-2-8-4-5-16-7-9(6-14)15-12(16)11(8)10/h1-5,7H,6,14H2. The molecule has 0 aliphatic rings. The maximum absolute atomic E-state index is 5.61. The smallest absolute Gasteiger partial charge is 0.146 e. The summed E-state index contributed by atoms with van der Waals surface area (Å²) in [7, 11) is 0. The molecule has 0 amide bonds. The van der Waals surface area contributed by atoms with Gasteiger partial charge in [-0.15, -0.1) is 0 Å². The lowest BCUT2D eigenvalue weighted by Gasteiger charge is -2.02. The highest BCUT2D eigenvalue weighted by molar-refractivity contribution is 9.10. The molecule has 3 rings (SSSR count). The molecule has 2 aromatic heterocycles. The fraction of sp³-hybridized carbons (Fsp3) is 0.0833. The fourth-order valence-electron chi connectivity index (χ4n) is 1.92. The summed E-state index contributed by atoms with van der Waals surface area (Å²) in [6.07, 6.45) is 3.98. The maximum Gasteiger partial charge on any atom is 0.146 e. The van der Waals surface area contributed by atoms with Crippen LogP contribution < -0.4 is 5.73 Å². The summed E-state index contributed by atoms with van der Waals surface area (Å²) in [5.74, 6) is 0. The van der Waals surface area contributed by atoms with Crippen molar-refractivity contribution in [3.63, 3.8) is 0 Å². The van der Waals surface area contributed by atoms with E-state index >= 15 is 0 Å². The van der Waals surface area contributed by atoms with Gasteiger partial charge in [0.2, 0.25) is 0 Å². The van der Waals surface area contributed by atoms with E-state index in [9.17, 15) is 0 Å². The molecule has 0 spiro atoms. The van der Waals surface area contributed by atoms with Crippen LogP contribution in [-0.2, 0) is 6.54 Å². The number of nitrogens with two attached hydrogens (primary N) is 1. The molecule has 0 atom stereocenters. The molecule has 0 radical (unpaired) electrons. The summed E-state index contributed by atoms with van der Waals surface area (Å²) in [5, 5.41) is 2.31. The van der Waals surface area contributed by atoms with E-state index in [1.54, 1.807) is 0 Å². The van der Waals surface area contributed by atoms with Crippen molar-refractivity contribution >= 4 is 32.3 Å². The van der Waals surface area contributed by atoms with Gasteiger partial charge in [-0.3, -0.25) is 0 Å². The first-order chi connectivity index (χ1) is 7.79. The second-order valence-electron chi connectivity index (χ2n) is 3.69. The topological polar surface area (TPSA) is 43.3 Å². The van der Waals surface area contributed by atoms with Gasteiger partial charge >= 0.3 is 0 Å². The quantitative estimate of drug-likeness (QED) is 0.742. The number of halogens is 1. The molecule has 4 heteroatoms. The third-order valence-corrected chi connectivity index (χ3v) is 3.34. The molecular formula is C12H10BrN3. The van der Waals surface area contributed by atoms with Gasteiger partial charge in [-0.05, 0) is 17.5 Å². The summed E-state index contributed by atoms with van der Waals surface area (Å²) in [6, 6.07) is 8.21.